The standard InChI is InChI=1S/C56H86N2O13/c1-11-12-13-19-28-69-46-26-24-41(32-49(46)67-9)31-43(57)48-34-45(59)37(4)30-39(6)51(61)52(68-10)50(60)38(5)29-35(2)20-15-14-16-21-36(3)47(66-8)33-42-25-23-40(7)56(65,71-42)53(62)54(63)58-27-18-17-22-44(58)55(64)70-48/h1,14-16,20-21,30,35,37-38,40-44,46-49,51-52,61,65H,12-13,17-19,22-29,31-34,57H2,2-10H3/b16-14+,20-15+,36-21+,39-30+/t35-,37-,38-,40-,41+,42+,43-,44+,46-,47+,48+,49-,51-,52+,56-/m1/s1. The van der Waals surface area contributed by atoms with E-state index in [-0.39, 0.29) is 55.0 Å². The molecule has 0 aromatic heterocycles. The zero-order valence-corrected chi connectivity index (χ0v) is 44.1. The minimum absolute atomic E-state index is 0.00829. The summed E-state index contributed by atoms with van der Waals surface area (Å²) < 4.78 is 35.9. The van der Waals surface area contributed by atoms with Crippen molar-refractivity contribution in [1.82, 2.24) is 4.90 Å². The first-order chi connectivity index (χ1) is 33.8. The fraction of sp³-hybridized carbons (Fsp3) is 0.732. The van der Waals surface area contributed by atoms with Gasteiger partial charge in [0.25, 0.3) is 11.7 Å². The zero-order chi connectivity index (χ0) is 52.4. The van der Waals surface area contributed by atoms with E-state index < -0.39 is 83.8 Å². The topological polar surface area (TPSA) is 210 Å². The number of carbonyl (C=O) groups excluding carboxylic acids is 5. The number of esters is 1. The van der Waals surface area contributed by atoms with Crippen LogP contribution in [0.2, 0.25) is 0 Å². The molecule has 71 heavy (non-hydrogen) atoms. The van der Waals surface area contributed by atoms with Crippen molar-refractivity contribution in [2.24, 2.45) is 35.3 Å². The monoisotopic (exact) mass is 995 g/mol. The SMILES string of the molecule is C#CCCCCO[C@@H]1CC[C@@H](C[C@@H](N)[C@@H]2CC(=O)[C@H](C)/C=C(\C)[C@@H](O)[C@@H](OC)C(=O)[C@H](C)C[C@H](C)/C=C/C=C/C=C(\C)[C@@H](OC)C[C@@H]3CC[C@@H](C)[C@@](O)(O3)C(=O)C(=O)N3CCCC[C@H]3C(=O)O2)C[C@H]1OC. The minimum atomic E-state index is -2.45. The third-order valence-electron chi connectivity index (χ3n) is 15.2. The number of hydrogen-bond donors (Lipinski definition) is 3. The van der Waals surface area contributed by atoms with E-state index in [1.54, 1.807) is 41.1 Å². The van der Waals surface area contributed by atoms with Gasteiger partial charge in [-0.1, -0.05) is 64.2 Å². The average Bonchev–Trinajstić information content (AvgIpc) is 3.35. The molecule has 15 nitrogen and oxygen atoms in total. The number of carbonyl (C=O) groups is 5. The lowest BCUT2D eigenvalue weighted by atomic mass is 9.80. The molecule has 398 valence electrons. The Hall–Kier alpha value is -3.85. The van der Waals surface area contributed by atoms with E-state index in [2.05, 4.69) is 5.92 Å². The number of ether oxygens (including phenoxy) is 6. The Balaban J connectivity index is 1.67. The molecule has 0 unspecified atom stereocenters. The smallest absolute Gasteiger partial charge is 0.329 e. The Labute approximate surface area is 423 Å². The van der Waals surface area contributed by atoms with E-state index in [4.69, 9.17) is 40.6 Å². The Morgan fingerprint density at radius 1 is 0.887 bits per heavy atom. The number of fused-ring (bicyclic) bond motifs is 3. The van der Waals surface area contributed by atoms with Crippen LogP contribution in [0.15, 0.2) is 47.6 Å². The molecule has 0 aromatic rings. The molecule has 3 fully saturated rings. The molecule has 4 N–H and O–H groups in total. The van der Waals surface area contributed by atoms with Crippen LogP contribution in [-0.2, 0) is 52.4 Å². The summed E-state index contributed by atoms with van der Waals surface area (Å²) >= 11 is 0. The van der Waals surface area contributed by atoms with Crippen molar-refractivity contribution < 1.29 is 62.6 Å². The number of hydrogen-bond acceptors (Lipinski definition) is 14. The highest BCUT2D eigenvalue weighted by atomic mass is 16.6. The number of Topliss-reactive ketones (excluding diaryl/α,β-unsaturated/α-hetero) is 3. The summed E-state index contributed by atoms with van der Waals surface area (Å²) in [6.45, 7) is 11.3. The fourth-order valence-electron chi connectivity index (χ4n) is 10.6. The predicted octanol–water partition coefficient (Wildman–Crippen LogP) is 6.70. The molecule has 15 atom stereocenters. The van der Waals surface area contributed by atoms with Crippen LogP contribution in [-0.4, -0.2) is 139 Å². The highest BCUT2D eigenvalue weighted by molar-refractivity contribution is 6.39. The van der Waals surface area contributed by atoms with Gasteiger partial charge < -0.3 is 49.3 Å². The van der Waals surface area contributed by atoms with Crippen molar-refractivity contribution in [2.45, 2.75) is 198 Å². The normalized spacial score (nSPS) is 37.9. The molecule has 4 aliphatic rings. The summed E-state index contributed by atoms with van der Waals surface area (Å²) in [5, 5.41) is 23.5. The van der Waals surface area contributed by atoms with Gasteiger partial charge in [-0.2, -0.15) is 0 Å². The van der Waals surface area contributed by atoms with E-state index in [0.717, 1.165) is 31.3 Å². The number of piperidine rings is 1. The Morgan fingerprint density at radius 2 is 1.63 bits per heavy atom. The van der Waals surface area contributed by atoms with Crippen molar-refractivity contribution in [3.05, 3.63) is 47.6 Å². The average molecular weight is 995 g/mol. The number of aliphatic hydroxyl groups excluding tert-OH is 1. The van der Waals surface area contributed by atoms with Gasteiger partial charge in [-0.25, -0.2) is 4.79 Å². The van der Waals surface area contributed by atoms with Gasteiger partial charge in [-0.3, -0.25) is 19.2 Å². The quantitative estimate of drug-likeness (QED) is 0.0647. The molecule has 0 radical (unpaired) electrons. The summed E-state index contributed by atoms with van der Waals surface area (Å²) in [5.41, 5.74) is 8.21. The molecule has 1 aliphatic carbocycles. The molecule has 2 saturated heterocycles. The third-order valence-corrected chi connectivity index (χ3v) is 15.2. The number of unbranched alkanes of at least 4 members (excludes halogenated alkanes) is 2. The van der Waals surface area contributed by atoms with Gasteiger partial charge in [-0.15, -0.1) is 12.3 Å². The summed E-state index contributed by atoms with van der Waals surface area (Å²) in [5.74, 6) is -5.33. The molecule has 3 heterocycles. The lowest BCUT2D eigenvalue weighted by molar-refractivity contribution is -0.265. The first-order valence-corrected chi connectivity index (χ1v) is 26.1. The lowest BCUT2D eigenvalue weighted by Gasteiger charge is -2.42. The number of nitrogens with two attached hydrogens (primary N) is 1. The first kappa shape index (κ1) is 59.7. The number of ketones is 3. The van der Waals surface area contributed by atoms with Crippen molar-refractivity contribution >= 4 is 29.2 Å². The maximum atomic E-state index is 14.5. The number of allylic oxidation sites excluding steroid dienone is 6. The van der Waals surface area contributed by atoms with Crippen LogP contribution >= 0.6 is 0 Å². The van der Waals surface area contributed by atoms with Crippen LogP contribution in [0.3, 0.4) is 0 Å². The van der Waals surface area contributed by atoms with Gasteiger partial charge in [0.2, 0.25) is 5.79 Å². The number of aliphatic hydroxyl groups is 2. The van der Waals surface area contributed by atoms with E-state index in [1.807, 2.05) is 51.2 Å². The number of rotatable bonds is 11. The predicted molar refractivity (Wildman–Crippen MR) is 270 cm³/mol. The van der Waals surface area contributed by atoms with E-state index in [1.165, 1.54) is 12.0 Å². The summed E-state index contributed by atoms with van der Waals surface area (Å²) in [6.07, 6.45) is 19.2. The second-order valence-corrected chi connectivity index (χ2v) is 20.8. The fourth-order valence-corrected chi connectivity index (χ4v) is 10.6. The van der Waals surface area contributed by atoms with Gasteiger partial charge in [0.15, 0.2) is 5.78 Å². The van der Waals surface area contributed by atoms with Gasteiger partial charge in [0, 0.05) is 77.5 Å². The molecule has 15 heteroatoms. The molecule has 4 rings (SSSR count). The molecule has 0 aromatic carbocycles. The number of terminal acetylenes is 1. The van der Waals surface area contributed by atoms with Crippen molar-refractivity contribution in [3.8, 4) is 12.3 Å². The van der Waals surface area contributed by atoms with Gasteiger partial charge in [-0.05, 0) is 114 Å². The molecule has 1 amide bonds. The molecule has 3 aliphatic heterocycles. The Bertz CT molecular complexity index is 1940. The number of amides is 1. The first-order valence-electron chi connectivity index (χ1n) is 26.1. The summed E-state index contributed by atoms with van der Waals surface area (Å²) in [6, 6.07) is -2.01. The van der Waals surface area contributed by atoms with Crippen molar-refractivity contribution in [1.29, 1.82) is 0 Å². The van der Waals surface area contributed by atoms with Crippen LogP contribution in [0, 0.1) is 41.9 Å². The molecule has 2 bridgehead atoms. The van der Waals surface area contributed by atoms with Gasteiger partial charge >= 0.3 is 5.97 Å². The highest BCUT2D eigenvalue weighted by Crippen LogP contribution is 2.37. The lowest BCUT2D eigenvalue weighted by Crippen LogP contribution is -2.61. The van der Waals surface area contributed by atoms with Crippen LogP contribution in [0.1, 0.15) is 138 Å². The van der Waals surface area contributed by atoms with E-state index >= 15 is 0 Å². The minimum Gasteiger partial charge on any atom is -0.459 e. The van der Waals surface area contributed by atoms with Crippen LogP contribution in [0.4, 0.5) is 0 Å². The van der Waals surface area contributed by atoms with Crippen LogP contribution in [0.25, 0.3) is 0 Å². The van der Waals surface area contributed by atoms with Crippen LogP contribution in [0.5, 0.6) is 0 Å². The maximum Gasteiger partial charge on any atom is 0.329 e. The van der Waals surface area contributed by atoms with Crippen molar-refractivity contribution in [2.75, 3.05) is 34.5 Å². The second-order valence-electron chi connectivity index (χ2n) is 20.8. The second kappa shape index (κ2) is 29.1. The number of methoxy groups -OCH3 is 3. The zero-order valence-electron chi connectivity index (χ0n) is 44.1. The molecule has 1 saturated carbocycles. The Morgan fingerprint density at radius 3 is 2.32 bits per heavy atom. The van der Waals surface area contributed by atoms with Crippen LogP contribution < -0.4 is 5.73 Å². The summed E-state index contributed by atoms with van der Waals surface area (Å²) in [4.78, 5) is 72.2. The number of cyclic esters (lactones) is 1. The van der Waals surface area contributed by atoms with Gasteiger partial charge in [0.05, 0.1) is 24.4 Å². The molecule has 0 spiro atoms. The largest absolute Gasteiger partial charge is 0.459 e. The number of nitrogens with zero attached hydrogens (tertiary/aromatic N) is 1. The van der Waals surface area contributed by atoms with E-state index in [9.17, 15) is 34.2 Å². The van der Waals surface area contributed by atoms with Gasteiger partial charge in [0.1, 0.15) is 30.1 Å². The Kier molecular flexibility index (Phi) is 24.5. The van der Waals surface area contributed by atoms with Crippen molar-refractivity contribution in [3.63, 3.8) is 0 Å². The highest BCUT2D eigenvalue weighted by Gasteiger charge is 2.53. The van der Waals surface area contributed by atoms with E-state index in [0.29, 0.717) is 70.0 Å². The molecular formula is C56H86N2O13. The maximum absolute atomic E-state index is 14.5. The third kappa shape index (κ3) is 16.8. The molecular weight excluding hydrogens is 909 g/mol. The summed E-state index contributed by atoms with van der Waals surface area (Å²) in [7, 11) is 4.60.